The Morgan fingerprint density at radius 2 is 2.00 bits per heavy atom. The molecule has 1 heterocycles. The van der Waals surface area contributed by atoms with Gasteiger partial charge in [-0.05, 0) is 6.42 Å². The number of nitrogens with two attached hydrogens (primary N) is 1. The zero-order valence-electron chi connectivity index (χ0n) is 12.1. The molecule has 2 aromatic rings. The van der Waals surface area contributed by atoms with Crippen LogP contribution in [0, 0.1) is 0 Å². The summed E-state index contributed by atoms with van der Waals surface area (Å²) in [5.41, 5.74) is 1.54. The number of hydrazine groups is 1. The maximum Gasteiger partial charge on any atom is 0.267 e. The first-order chi connectivity index (χ1) is 10.2. The van der Waals surface area contributed by atoms with Gasteiger partial charge < -0.3 is 0 Å². The lowest BCUT2D eigenvalue weighted by Crippen LogP contribution is -2.38. The van der Waals surface area contributed by atoms with E-state index >= 15 is 0 Å². The molecule has 1 amide bonds. The van der Waals surface area contributed by atoms with E-state index in [1.165, 1.54) is 0 Å². The number of nitrogens with zero attached hydrogens (tertiary/aromatic N) is 4. The standard InChI is InChI=1S/C15H19N5O/c1-2-3-5-10-14(21)20(16)15-18-13(11-17-19-15)12-8-6-4-7-9-12/h4,6-9,11H,2-3,5,10,16H2,1H3. The average Bonchev–Trinajstić information content (AvgIpc) is 2.55. The quantitative estimate of drug-likeness (QED) is 0.381. The van der Waals surface area contributed by atoms with Crippen LogP contribution in [-0.4, -0.2) is 21.1 Å². The molecular weight excluding hydrogens is 266 g/mol. The number of carbonyl (C=O) groups excluding carboxylic acids is 1. The smallest absolute Gasteiger partial charge is 0.267 e. The second kappa shape index (κ2) is 7.44. The Bertz CT molecular complexity index is 588. The number of rotatable bonds is 6. The average molecular weight is 285 g/mol. The molecule has 0 unspecified atom stereocenters. The largest absolute Gasteiger partial charge is 0.273 e. The van der Waals surface area contributed by atoms with E-state index in [1.807, 2.05) is 30.3 Å². The zero-order chi connectivity index (χ0) is 15.1. The molecule has 2 rings (SSSR count). The van der Waals surface area contributed by atoms with Gasteiger partial charge in [0.1, 0.15) is 0 Å². The van der Waals surface area contributed by atoms with Gasteiger partial charge in [-0.2, -0.15) is 5.10 Å². The molecule has 1 aromatic heterocycles. The first-order valence-electron chi connectivity index (χ1n) is 7.05. The van der Waals surface area contributed by atoms with Crippen LogP contribution in [-0.2, 0) is 4.79 Å². The summed E-state index contributed by atoms with van der Waals surface area (Å²) in [5, 5.41) is 8.69. The fraction of sp³-hybridized carbons (Fsp3) is 0.333. The van der Waals surface area contributed by atoms with Crippen LogP contribution in [0.3, 0.4) is 0 Å². The Balaban J connectivity index is 2.12. The number of aromatic nitrogens is 3. The lowest BCUT2D eigenvalue weighted by atomic mass is 10.2. The highest BCUT2D eigenvalue weighted by atomic mass is 16.2. The maximum atomic E-state index is 12.0. The number of unbranched alkanes of at least 4 members (excludes halogenated alkanes) is 2. The van der Waals surface area contributed by atoms with E-state index in [4.69, 9.17) is 5.84 Å². The lowest BCUT2D eigenvalue weighted by molar-refractivity contribution is -0.118. The summed E-state index contributed by atoms with van der Waals surface area (Å²) in [6.07, 6.45) is 4.81. The predicted octanol–water partition coefficient (Wildman–Crippen LogP) is 2.33. The molecule has 0 spiro atoms. The van der Waals surface area contributed by atoms with Crippen LogP contribution < -0.4 is 10.9 Å². The first kappa shape index (κ1) is 15.1. The van der Waals surface area contributed by atoms with Crippen LogP contribution in [0.15, 0.2) is 36.5 Å². The van der Waals surface area contributed by atoms with Crippen LogP contribution in [0.25, 0.3) is 11.3 Å². The summed E-state index contributed by atoms with van der Waals surface area (Å²) in [6.45, 7) is 2.08. The van der Waals surface area contributed by atoms with Crippen molar-refractivity contribution in [2.24, 2.45) is 5.84 Å². The number of benzene rings is 1. The third kappa shape index (κ3) is 4.06. The Morgan fingerprint density at radius 1 is 1.24 bits per heavy atom. The molecule has 0 bridgehead atoms. The van der Waals surface area contributed by atoms with Crippen molar-refractivity contribution in [1.29, 1.82) is 0 Å². The fourth-order valence-electron chi connectivity index (χ4n) is 1.90. The Labute approximate surface area is 124 Å². The lowest BCUT2D eigenvalue weighted by Gasteiger charge is -2.14. The first-order valence-corrected chi connectivity index (χ1v) is 7.05. The third-order valence-electron chi connectivity index (χ3n) is 3.10. The molecule has 1 aromatic carbocycles. The summed E-state index contributed by atoms with van der Waals surface area (Å²) in [7, 11) is 0. The number of hydrogen-bond acceptors (Lipinski definition) is 5. The molecule has 0 saturated heterocycles. The minimum absolute atomic E-state index is 0.123. The van der Waals surface area contributed by atoms with Crippen LogP contribution >= 0.6 is 0 Å². The summed E-state index contributed by atoms with van der Waals surface area (Å²) < 4.78 is 0. The van der Waals surface area contributed by atoms with Crippen LogP contribution in [0.5, 0.6) is 0 Å². The minimum atomic E-state index is -0.199. The zero-order valence-corrected chi connectivity index (χ0v) is 12.1. The molecule has 6 nitrogen and oxygen atoms in total. The molecule has 21 heavy (non-hydrogen) atoms. The van der Waals surface area contributed by atoms with E-state index in [2.05, 4.69) is 22.1 Å². The molecule has 0 atom stereocenters. The number of carbonyl (C=O) groups is 1. The van der Waals surface area contributed by atoms with Crippen molar-refractivity contribution in [3.8, 4) is 11.3 Å². The molecule has 0 aliphatic heterocycles. The second-order valence-electron chi connectivity index (χ2n) is 4.73. The van der Waals surface area contributed by atoms with Gasteiger partial charge in [0, 0.05) is 12.0 Å². The number of amides is 1. The van der Waals surface area contributed by atoms with Crippen molar-refractivity contribution in [2.75, 3.05) is 5.01 Å². The highest BCUT2D eigenvalue weighted by Gasteiger charge is 2.15. The molecule has 110 valence electrons. The van der Waals surface area contributed by atoms with E-state index in [9.17, 15) is 4.79 Å². The van der Waals surface area contributed by atoms with Gasteiger partial charge in [-0.25, -0.2) is 15.8 Å². The van der Waals surface area contributed by atoms with Crippen molar-refractivity contribution >= 4 is 11.9 Å². The van der Waals surface area contributed by atoms with Gasteiger partial charge >= 0.3 is 0 Å². The van der Waals surface area contributed by atoms with Gasteiger partial charge in [0.05, 0.1) is 11.9 Å². The molecular formula is C15H19N5O. The van der Waals surface area contributed by atoms with Crippen LogP contribution in [0.4, 0.5) is 5.95 Å². The third-order valence-corrected chi connectivity index (χ3v) is 3.10. The molecule has 0 radical (unpaired) electrons. The van der Waals surface area contributed by atoms with Gasteiger partial charge in [0.15, 0.2) is 0 Å². The SMILES string of the molecule is CCCCCC(=O)N(N)c1nncc(-c2ccccc2)n1. The predicted molar refractivity (Wildman–Crippen MR) is 81.1 cm³/mol. The van der Waals surface area contributed by atoms with Crippen LogP contribution in [0.1, 0.15) is 32.6 Å². The van der Waals surface area contributed by atoms with E-state index in [0.717, 1.165) is 29.8 Å². The van der Waals surface area contributed by atoms with Crippen molar-refractivity contribution in [1.82, 2.24) is 15.2 Å². The van der Waals surface area contributed by atoms with Crippen molar-refractivity contribution in [3.05, 3.63) is 36.5 Å². The Morgan fingerprint density at radius 3 is 2.71 bits per heavy atom. The summed E-state index contributed by atoms with van der Waals surface area (Å²) in [4.78, 5) is 16.3. The Kier molecular flexibility index (Phi) is 5.34. The molecule has 0 aliphatic carbocycles. The second-order valence-corrected chi connectivity index (χ2v) is 4.73. The van der Waals surface area contributed by atoms with Crippen LogP contribution in [0.2, 0.25) is 0 Å². The molecule has 0 saturated carbocycles. The summed E-state index contributed by atoms with van der Waals surface area (Å²) in [5.74, 6) is 5.71. The fourth-order valence-corrected chi connectivity index (χ4v) is 1.90. The van der Waals surface area contributed by atoms with Gasteiger partial charge in [-0.1, -0.05) is 50.1 Å². The van der Waals surface area contributed by atoms with E-state index in [1.54, 1.807) is 6.20 Å². The van der Waals surface area contributed by atoms with Gasteiger partial charge in [-0.15, -0.1) is 5.10 Å². The van der Waals surface area contributed by atoms with Gasteiger partial charge in [-0.3, -0.25) is 4.79 Å². The summed E-state index contributed by atoms with van der Waals surface area (Å²) >= 11 is 0. The molecule has 0 fully saturated rings. The number of hydrogen-bond donors (Lipinski definition) is 1. The minimum Gasteiger partial charge on any atom is -0.273 e. The molecule has 2 N–H and O–H groups in total. The molecule has 6 heteroatoms. The van der Waals surface area contributed by atoms with E-state index in [0.29, 0.717) is 12.1 Å². The van der Waals surface area contributed by atoms with Gasteiger partial charge in [0.25, 0.3) is 5.95 Å². The number of anilines is 1. The Hall–Kier alpha value is -2.34. The maximum absolute atomic E-state index is 12.0. The van der Waals surface area contributed by atoms with Crippen molar-refractivity contribution < 1.29 is 4.79 Å². The monoisotopic (exact) mass is 285 g/mol. The van der Waals surface area contributed by atoms with Gasteiger partial charge in [0.2, 0.25) is 5.91 Å². The normalized spacial score (nSPS) is 10.4. The van der Waals surface area contributed by atoms with E-state index < -0.39 is 0 Å². The highest BCUT2D eigenvalue weighted by molar-refractivity contribution is 5.90. The highest BCUT2D eigenvalue weighted by Crippen LogP contribution is 2.17. The van der Waals surface area contributed by atoms with Crippen molar-refractivity contribution in [3.63, 3.8) is 0 Å². The topological polar surface area (TPSA) is 85.0 Å². The van der Waals surface area contributed by atoms with E-state index in [-0.39, 0.29) is 11.9 Å². The van der Waals surface area contributed by atoms with Crippen molar-refractivity contribution in [2.45, 2.75) is 32.6 Å². The molecule has 0 aliphatic rings. The summed E-state index contributed by atoms with van der Waals surface area (Å²) in [6, 6.07) is 9.57.